The lowest BCUT2D eigenvalue weighted by Gasteiger charge is -2.09. The third-order valence-corrected chi connectivity index (χ3v) is 2.55. The molecule has 1 aliphatic carbocycles. The van der Waals surface area contributed by atoms with Gasteiger partial charge in [0.15, 0.2) is 5.75 Å². The highest BCUT2D eigenvalue weighted by Crippen LogP contribution is 2.32. The Morgan fingerprint density at radius 3 is 2.71 bits per heavy atom. The van der Waals surface area contributed by atoms with E-state index in [0.29, 0.717) is 17.0 Å². The van der Waals surface area contributed by atoms with Gasteiger partial charge in [0.05, 0.1) is 17.3 Å². The molecule has 14 heavy (non-hydrogen) atoms. The predicted octanol–water partition coefficient (Wildman–Crippen LogP) is 3.40. The fourth-order valence-corrected chi connectivity index (χ4v) is 1.41. The number of aromatic nitrogens is 1. The molecule has 3 heteroatoms. The van der Waals surface area contributed by atoms with Gasteiger partial charge in [-0.2, -0.15) is 0 Å². The number of rotatable bonds is 3. The highest BCUT2D eigenvalue weighted by molar-refractivity contribution is 6.32. The molecule has 1 aliphatic rings. The van der Waals surface area contributed by atoms with Crippen LogP contribution in [0, 0.1) is 0 Å². The Kier molecular flexibility index (Phi) is 2.64. The van der Waals surface area contributed by atoms with Crippen molar-refractivity contribution in [1.82, 2.24) is 4.98 Å². The van der Waals surface area contributed by atoms with E-state index in [0.717, 1.165) is 24.3 Å². The largest absolute Gasteiger partial charge is 0.487 e. The van der Waals surface area contributed by atoms with Crippen molar-refractivity contribution in [1.29, 1.82) is 0 Å². The lowest BCUT2D eigenvalue weighted by molar-refractivity contribution is 0.302. The summed E-state index contributed by atoms with van der Waals surface area (Å²) in [5, 5.41) is 0.676. The van der Waals surface area contributed by atoms with Gasteiger partial charge >= 0.3 is 0 Å². The van der Waals surface area contributed by atoms with E-state index in [1.165, 1.54) is 0 Å². The minimum atomic E-state index is 0.374. The molecule has 0 aromatic carbocycles. The molecule has 0 unspecified atom stereocenters. The van der Waals surface area contributed by atoms with Crippen molar-refractivity contribution in [2.75, 3.05) is 0 Å². The average molecular weight is 212 g/mol. The number of nitrogens with zero attached hydrogens (tertiary/aromatic N) is 1. The minimum absolute atomic E-state index is 0.374. The van der Waals surface area contributed by atoms with Crippen molar-refractivity contribution in [2.45, 2.75) is 38.7 Å². The van der Waals surface area contributed by atoms with E-state index in [1.54, 1.807) is 6.20 Å². The minimum Gasteiger partial charge on any atom is -0.487 e. The van der Waals surface area contributed by atoms with Crippen LogP contribution < -0.4 is 4.74 Å². The summed E-state index contributed by atoms with van der Waals surface area (Å²) in [5.74, 6) is 1.13. The van der Waals surface area contributed by atoms with Crippen LogP contribution in [-0.4, -0.2) is 11.1 Å². The van der Waals surface area contributed by atoms with Gasteiger partial charge in [-0.1, -0.05) is 25.4 Å². The van der Waals surface area contributed by atoms with Crippen molar-refractivity contribution < 1.29 is 4.74 Å². The molecule has 2 rings (SSSR count). The van der Waals surface area contributed by atoms with Crippen molar-refractivity contribution in [3.63, 3.8) is 0 Å². The molecule has 76 valence electrons. The van der Waals surface area contributed by atoms with Crippen LogP contribution >= 0.6 is 11.6 Å². The van der Waals surface area contributed by atoms with Gasteiger partial charge < -0.3 is 4.74 Å². The number of pyridine rings is 1. The molecule has 0 saturated heterocycles. The Morgan fingerprint density at radius 1 is 1.50 bits per heavy atom. The standard InChI is InChI=1S/C11H14ClNO/c1-7(2)10-5-9(12)11(6-13-10)14-8-3-4-8/h5-8H,3-4H2,1-2H3. The second kappa shape index (κ2) is 3.77. The molecule has 0 bridgehead atoms. The summed E-state index contributed by atoms with van der Waals surface area (Å²) < 4.78 is 5.60. The van der Waals surface area contributed by atoms with Crippen LogP contribution in [0.2, 0.25) is 5.02 Å². The van der Waals surface area contributed by atoms with E-state index in [2.05, 4.69) is 18.8 Å². The summed E-state index contributed by atoms with van der Waals surface area (Å²) in [5.41, 5.74) is 1.01. The molecule has 0 aliphatic heterocycles. The Hall–Kier alpha value is -0.760. The van der Waals surface area contributed by atoms with Crippen LogP contribution in [0.4, 0.5) is 0 Å². The summed E-state index contributed by atoms with van der Waals surface area (Å²) in [6.45, 7) is 4.19. The first-order valence-electron chi connectivity index (χ1n) is 4.99. The van der Waals surface area contributed by atoms with Gasteiger partial charge in [0.25, 0.3) is 0 Å². The molecule has 0 amide bonds. The fraction of sp³-hybridized carbons (Fsp3) is 0.545. The van der Waals surface area contributed by atoms with Gasteiger partial charge in [0, 0.05) is 5.69 Å². The van der Waals surface area contributed by atoms with Gasteiger partial charge in [-0.3, -0.25) is 4.98 Å². The van der Waals surface area contributed by atoms with Crippen molar-refractivity contribution in [2.24, 2.45) is 0 Å². The van der Waals surface area contributed by atoms with Gasteiger partial charge in [-0.05, 0) is 24.8 Å². The first kappa shape index (κ1) is 9.78. The SMILES string of the molecule is CC(C)c1cc(Cl)c(OC2CC2)cn1. The van der Waals surface area contributed by atoms with Crippen LogP contribution in [0.15, 0.2) is 12.3 Å². The van der Waals surface area contributed by atoms with Crippen LogP contribution in [0.25, 0.3) is 0 Å². The highest BCUT2D eigenvalue weighted by Gasteiger charge is 2.24. The van der Waals surface area contributed by atoms with Gasteiger partial charge in [0.2, 0.25) is 0 Å². The molecule has 0 spiro atoms. The molecule has 1 aromatic heterocycles. The van der Waals surface area contributed by atoms with E-state index in [1.807, 2.05) is 6.07 Å². The molecular formula is C11H14ClNO. The zero-order valence-electron chi connectivity index (χ0n) is 8.46. The third-order valence-electron chi connectivity index (χ3n) is 2.25. The molecule has 0 N–H and O–H groups in total. The van der Waals surface area contributed by atoms with Crippen LogP contribution in [0.1, 0.15) is 38.3 Å². The van der Waals surface area contributed by atoms with E-state index >= 15 is 0 Å². The second-order valence-electron chi connectivity index (χ2n) is 4.01. The van der Waals surface area contributed by atoms with E-state index < -0.39 is 0 Å². The molecule has 0 radical (unpaired) electrons. The monoisotopic (exact) mass is 211 g/mol. The fourth-order valence-electron chi connectivity index (χ4n) is 1.20. The Labute approximate surface area is 89.3 Å². The molecule has 1 fully saturated rings. The summed E-state index contributed by atoms with van der Waals surface area (Å²) in [6, 6.07) is 1.89. The maximum Gasteiger partial charge on any atom is 0.156 e. The first-order chi connectivity index (χ1) is 6.66. The van der Waals surface area contributed by atoms with E-state index in [4.69, 9.17) is 16.3 Å². The molecule has 2 nitrogen and oxygen atoms in total. The summed E-state index contributed by atoms with van der Waals surface area (Å²) in [7, 11) is 0. The normalized spacial score (nSPS) is 16.0. The van der Waals surface area contributed by atoms with E-state index in [9.17, 15) is 0 Å². The van der Waals surface area contributed by atoms with Crippen molar-refractivity contribution >= 4 is 11.6 Å². The van der Waals surface area contributed by atoms with Crippen molar-refractivity contribution in [3.8, 4) is 5.75 Å². The quantitative estimate of drug-likeness (QED) is 0.765. The number of halogens is 1. The number of hydrogen-bond acceptors (Lipinski definition) is 2. The maximum atomic E-state index is 6.08. The molecule has 0 atom stereocenters. The van der Waals surface area contributed by atoms with Gasteiger partial charge in [-0.15, -0.1) is 0 Å². The zero-order chi connectivity index (χ0) is 10.1. The number of ether oxygens (including phenoxy) is 1. The highest BCUT2D eigenvalue weighted by atomic mass is 35.5. The second-order valence-corrected chi connectivity index (χ2v) is 4.42. The third kappa shape index (κ3) is 2.18. The predicted molar refractivity (Wildman–Crippen MR) is 57.0 cm³/mol. The van der Waals surface area contributed by atoms with Gasteiger partial charge in [-0.25, -0.2) is 0 Å². The van der Waals surface area contributed by atoms with E-state index in [-0.39, 0.29) is 0 Å². The Balaban J connectivity index is 2.17. The lowest BCUT2D eigenvalue weighted by atomic mass is 10.1. The average Bonchev–Trinajstić information content (AvgIpc) is 2.92. The van der Waals surface area contributed by atoms with Gasteiger partial charge in [0.1, 0.15) is 0 Å². The summed E-state index contributed by atoms with van der Waals surface area (Å²) in [4.78, 5) is 4.31. The van der Waals surface area contributed by atoms with Crippen LogP contribution in [-0.2, 0) is 0 Å². The van der Waals surface area contributed by atoms with Crippen LogP contribution in [0.5, 0.6) is 5.75 Å². The lowest BCUT2D eigenvalue weighted by Crippen LogP contribution is -1.99. The smallest absolute Gasteiger partial charge is 0.156 e. The molecule has 1 saturated carbocycles. The molecular weight excluding hydrogens is 198 g/mol. The zero-order valence-corrected chi connectivity index (χ0v) is 9.21. The topological polar surface area (TPSA) is 22.1 Å². The Morgan fingerprint density at radius 2 is 2.21 bits per heavy atom. The van der Waals surface area contributed by atoms with Crippen molar-refractivity contribution in [3.05, 3.63) is 23.0 Å². The first-order valence-corrected chi connectivity index (χ1v) is 5.36. The number of hydrogen-bond donors (Lipinski definition) is 0. The summed E-state index contributed by atoms with van der Waals surface area (Å²) >= 11 is 6.08. The molecule has 1 aromatic rings. The summed E-state index contributed by atoms with van der Waals surface area (Å²) in [6.07, 6.45) is 4.39. The maximum absolute atomic E-state index is 6.08. The van der Waals surface area contributed by atoms with Crippen LogP contribution in [0.3, 0.4) is 0 Å². The Bertz CT molecular complexity index is 334. The molecule has 1 heterocycles.